The fourth-order valence-electron chi connectivity index (χ4n) is 4.25. The first-order valence-electron chi connectivity index (χ1n) is 9.10. The molecular formula is C18H23N5O4. The van der Waals surface area contributed by atoms with E-state index in [9.17, 15) is 9.59 Å². The summed E-state index contributed by atoms with van der Waals surface area (Å²) in [6, 6.07) is 1.65. The Hall–Kier alpha value is -2.68. The van der Waals surface area contributed by atoms with Crippen molar-refractivity contribution in [2.24, 2.45) is 0 Å². The molecule has 0 aromatic carbocycles. The second-order valence-corrected chi connectivity index (χ2v) is 7.11. The van der Waals surface area contributed by atoms with Crippen molar-refractivity contribution in [1.82, 2.24) is 24.9 Å². The summed E-state index contributed by atoms with van der Waals surface area (Å²) in [4.78, 5) is 36.7. The number of aryl methyl sites for hydroxylation is 1. The molecule has 144 valence electrons. The van der Waals surface area contributed by atoms with Gasteiger partial charge in [-0.25, -0.2) is 4.98 Å². The first kappa shape index (κ1) is 17.7. The molecule has 0 radical (unpaired) electrons. The van der Waals surface area contributed by atoms with Crippen molar-refractivity contribution >= 4 is 11.8 Å². The number of nitrogens with zero attached hydrogens (tertiary/aromatic N) is 4. The van der Waals surface area contributed by atoms with Crippen LogP contribution < -0.4 is 0 Å². The number of H-pyrrole nitrogens is 1. The number of carbonyl (C=O) groups is 2. The Labute approximate surface area is 156 Å². The smallest absolute Gasteiger partial charge is 0.292 e. The largest absolute Gasteiger partial charge is 0.375 e. The van der Waals surface area contributed by atoms with Gasteiger partial charge in [-0.3, -0.25) is 9.59 Å². The van der Waals surface area contributed by atoms with E-state index >= 15 is 0 Å². The minimum atomic E-state index is -0.503. The van der Waals surface area contributed by atoms with E-state index in [4.69, 9.17) is 9.26 Å². The van der Waals surface area contributed by atoms with Crippen LogP contribution in [-0.2, 0) is 21.5 Å². The number of methoxy groups -OCH3 is 1. The fourth-order valence-corrected chi connectivity index (χ4v) is 4.25. The maximum absolute atomic E-state index is 12.7. The van der Waals surface area contributed by atoms with Gasteiger partial charge in [0.05, 0.1) is 23.3 Å². The van der Waals surface area contributed by atoms with Gasteiger partial charge in [-0.2, -0.15) is 0 Å². The quantitative estimate of drug-likeness (QED) is 0.856. The minimum Gasteiger partial charge on any atom is -0.375 e. The number of likely N-dealkylation sites (tertiary alicyclic amines) is 1. The second kappa shape index (κ2) is 6.80. The van der Waals surface area contributed by atoms with Gasteiger partial charge in [-0.05, 0) is 19.8 Å². The number of carbonyl (C=O) groups excluding carboxylic acids is 2. The van der Waals surface area contributed by atoms with Crippen LogP contribution in [-0.4, -0.2) is 70.1 Å². The van der Waals surface area contributed by atoms with Crippen LogP contribution in [0.5, 0.6) is 0 Å². The molecule has 27 heavy (non-hydrogen) atoms. The summed E-state index contributed by atoms with van der Waals surface area (Å²) in [6.07, 6.45) is 3.68. The predicted molar refractivity (Wildman–Crippen MR) is 93.9 cm³/mol. The van der Waals surface area contributed by atoms with Crippen LogP contribution in [0.3, 0.4) is 0 Å². The number of rotatable bonds is 3. The van der Waals surface area contributed by atoms with Crippen LogP contribution in [0.2, 0.25) is 0 Å². The number of hydrogen-bond donors (Lipinski definition) is 1. The standard InChI is InChI=1S/C18H23N5O4/c1-12-9-14(27-21-12)17(25)22-7-4-18(5-8-22)16-13(19-11-20-16)3-6-23(18)15(24)10-26-2/h9,11H,3-8,10H2,1-2H3,(H,19,20). The molecule has 2 amide bonds. The van der Waals surface area contributed by atoms with E-state index in [0.29, 0.717) is 38.2 Å². The summed E-state index contributed by atoms with van der Waals surface area (Å²) < 4.78 is 10.2. The lowest BCUT2D eigenvalue weighted by atomic mass is 9.78. The molecule has 1 N–H and O–H groups in total. The first-order valence-corrected chi connectivity index (χ1v) is 9.10. The summed E-state index contributed by atoms with van der Waals surface area (Å²) in [5.74, 6) is 0.0370. The topological polar surface area (TPSA) is 105 Å². The third-order valence-corrected chi connectivity index (χ3v) is 5.55. The van der Waals surface area contributed by atoms with E-state index < -0.39 is 5.54 Å². The van der Waals surface area contributed by atoms with E-state index in [1.54, 1.807) is 24.2 Å². The zero-order valence-electron chi connectivity index (χ0n) is 15.5. The molecule has 2 aliphatic rings. The highest BCUT2D eigenvalue weighted by Crippen LogP contribution is 2.42. The molecule has 4 rings (SSSR count). The van der Waals surface area contributed by atoms with Gasteiger partial charge >= 0.3 is 0 Å². The van der Waals surface area contributed by atoms with Crippen LogP contribution in [0.1, 0.15) is 40.5 Å². The van der Waals surface area contributed by atoms with Crippen molar-refractivity contribution in [2.75, 3.05) is 33.4 Å². The molecule has 9 heteroatoms. The summed E-state index contributed by atoms with van der Waals surface area (Å²) in [5.41, 5.74) is 2.16. The van der Waals surface area contributed by atoms with Gasteiger partial charge in [0.25, 0.3) is 5.91 Å². The van der Waals surface area contributed by atoms with Gasteiger partial charge < -0.3 is 24.0 Å². The number of imidazole rings is 1. The molecule has 2 aliphatic heterocycles. The summed E-state index contributed by atoms with van der Waals surface area (Å²) >= 11 is 0. The Kier molecular flexibility index (Phi) is 4.47. The van der Waals surface area contributed by atoms with E-state index in [2.05, 4.69) is 15.1 Å². The number of fused-ring (bicyclic) bond motifs is 2. The van der Waals surface area contributed by atoms with Crippen molar-refractivity contribution in [1.29, 1.82) is 0 Å². The maximum atomic E-state index is 12.7. The molecule has 4 heterocycles. The average Bonchev–Trinajstić information content (AvgIpc) is 3.32. The van der Waals surface area contributed by atoms with Gasteiger partial charge in [0.2, 0.25) is 11.7 Å². The van der Waals surface area contributed by atoms with Crippen molar-refractivity contribution in [3.63, 3.8) is 0 Å². The third kappa shape index (κ3) is 2.91. The number of ether oxygens (including phenoxy) is 1. The number of nitrogens with one attached hydrogen (secondary N) is 1. The van der Waals surface area contributed by atoms with Crippen LogP contribution in [0.4, 0.5) is 0 Å². The molecule has 1 fully saturated rings. The van der Waals surface area contributed by atoms with Crippen molar-refractivity contribution < 1.29 is 18.8 Å². The Morgan fingerprint density at radius 1 is 1.33 bits per heavy atom. The fraction of sp³-hybridized carbons (Fsp3) is 0.556. The zero-order valence-corrected chi connectivity index (χ0v) is 15.5. The van der Waals surface area contributed by atoms with Crippen LogP contribution >= 0.6 is 0 Å². The number of aromatic amines is 1. The molecule has 2 aromatic rings. The summed E-state index contributed by atoms with van der Waals surface area (Å²) in [7, 11) is 1.52. The number of amides is 2. The first-order chi connectivity index (χ1) is 13.0. The normalized spacial score (nSPS) is 18.6. The molecule has 0 atom stereocenters. The third-order valence-electron chi connectivity index (χ3n) is 5.55. The molecule has 0 bridgehead atoms. The van der Waals surface area contributed by atoms with Crippen molar-refractivity contribution in [3.05, 3.63) is 35.2 Å². The Morgan fingerprint density at radius 2 is 2.11 bits per heavy atom. The van der Waals surface area contributed by atoms with Crippen LogP contribution in [0, 0.1) is 6.92 Å². The van der Waals surface area contributed by atoms with Crippen LogP contribution in [0.15, 0.2) is 16.9 Å². The molecule has 0 saturated carbocycles. The molecule has 9 nitrogen and oxygen atoms in total. The Balaban J connectivity index is 1.58. The van der Waals surface area contributed by atoms with E-state index in [1.165, 1.54) is 7.11 Å². The lowest BCUT2D eigenvalue weighted by molar-refractivity contribution is -0.145. The number of aromatic nitrogens is 3. The zero-order chi connectivity index (χ0) is 19.0. The molecule has 2 aromatic heterocycles. The summed E-state index contributed by atoms with van der Waals surface area (Å²) in [6.45, 7) is 3.48. The Bertz CT molecular complexity index is 850. The highest BCUT2D eigenvalue weighted by Gasteiger charge is 2.49. The molecule has 1 saturated heterocycles. The molecule has 1 spiro atoms. The SMILES string of the molecule is COCC(=O)N1CCc2[nH]cnc2C12CCN(C(=O)c1cc(C)no1)CC2. The van der Waals surface area contributed by atoms with Gasteiger partial charge in [0.1, 0.15) is 6.61 Å². The van der Waals surface area contributed by atoms with Gasteiger partial charge in [0, 0.05) is 44.9 Å². The molecular weight excluding hydrogens is 350 g/mol. The Morgan fingerprint density at radius 3 is 2.78 bits per heavy atom. The van der Waals surface area contributed by atoms with Crippen LogP contribution in [0.25, 0.3) is 0 Å². The molecule has 0 aliphatic carbocycles. The number of hydrogen-bond acceptors (Lipinski definition) is 6. The summed E-state index contributed by atoms with van der Waals surface area (Å²) in [5, 5.41) is 3.79. The maximum Gasteiger partial charge on any atom is 0.292 e. The number of piperidine rings is 1. The monoisotopic (exact) mass is 373 g/mol. The van der Waals surface area contributed by atoms with Gasteiger partial charge in [-0.1, -0.05) is 5.16 Å². The van der Waals surface area contributed by atoms with Crippen molar-refractivity contribution in [2.45, 2.75) is 31.7 Å². The average molecular weight is 373 g/mol. The lowest BCUT2D eigenvalue weighted by Gasteiger charge is -2.50. The van der Waals surface area contributed by atoms with E-state index in [0.717, 1.165) is 17.8 Å². The van der Waals surface area contributed by atoms with Crippen molar-refractivity contribution in [3.8, 4) is 0 Å². The van der Waals surface area contributed by atoms with Gasteiger partial charge in [-0.15, -0.1) is 0 Å². The highest BCUT2D eigenvalue weighted by atomic mass is 16.5. The van der Waals surface area contributed by atoms with E-state index in [1.807, 2.05) is 4.90 Å². The second-order valence-electron chi connectivity index (χ2n) is 7.11. The highest BCUT2D eigenvalue weighted by molar-refractivity contribution is 5.91. The van der Waals surface area contributed by atoms with E-state index in [-0.39, 0.29) is 24.2 Å². The molecule has 0 unspecified atom stereocenters. The predicted octanol–water partition coefficient (Wildman–Crippen LogP) is 0.869. The van der Waals surface area contributed by atoms with Gasteiger partial charge in [0.15, 0.2) is 0 Å². The lowest BCUT2D eigenvalue weighted by Crippen LogP contribution is -2.59. The minimum absolute atomic E-state index is 0.0431.